The molecule has 0 aliphatic carbocycles. The maximum Gasteiger partial charge on any atom is 0.0991 e. The minimum atomic E-state index is -0.770. The van der Waals surface area contributed by atoms with E-state index in [-0.39, 0.29) is 6.04 Å². The standard InChI is InChI=1S/C9H17NO3/c11-6-3-1-2-4-10-5-7(12)9(13)8(6)10/h6-9,11-13H,1-5H2. The minimum absolute atomic E-state index is 0.238. The van der Waals surface area contributed by atoms with E-state index in [2.05, 4.69) is 0 Å². The van der Waals surface area contributed by atoms with Crippen molar-refractivity contribution in [3.8, 4) is 0 Å². The van der Waals surface area contributed by atoms with Crippen LogP contribution in [0.3, 0.4) is 0 Å². The fourth-order valence-electron chi connectivity index (χ4n) is 2.46. The van der Waals surface area contributed by atoms with Crippen molar-refractivity contribution in [2.75, 3.05) is 13.1 Å². The first-order valence-corrected chi connectivity index (χ1v) is 4.98. The molecule has 76 valence electrons. The van der Waals surface area contributed by atoms with Crippen LogP contribution in [0.15, 0.2) is 0 Å². The Bertz CT molecular complexity index is 188. The molecule has 0 spiro atoms. The molecule has 0 aromatic carbocycles. The molecule has 4 nitrogen and oxygen atoms in total. The molecule has 3 N–H and O–H groups in total. The van der Waals surface area contributed by atoms with E-state index >= 15 is 0 Å². The number of hydrogen-bond acceptors (Lipinski definition) is 4. The van der Waals surface area contributed by atoms with Gasteiger partial charge in [-0.1, -0.05) is 0 Å². The first-order chi connectivity index (χ1) is 6.20. The summed E-state index contributed by atoms with van der Waals surface area (Å²) in [6, 6.07) is -0.238. The second-order valence-corrected chi connectivity index (χ2v) is 4.11. The summed E-state index contributed by atoms with van der Waals surface area (Å²) in [7, 11) is 0. The zero-order chi connectivity index (χ0) is 9.42. The van der Waals surface area contributed by atoms with Crippen molar-refractivity contribution in [1.29, 1.82) is 0 Å². The lowest BCUT2D eigenvalue weighted by molar-refractivity contribution is -0.00812. The Labute approximate surface area is 77.8 Å². The number of aliphatic hydroxyl groups excluding tert-OH is 3. The van der Waals surface area contributed by atoms with Crippen LogP contribution in [0.25, 0.3) is 0 Å². The predicted octanol–water partition coefficient (Wildman–Crippen LogP) is -1.06. The summed E-state index contributed by atoms with van der Waals surface area (Å²) in [6.07, 6.45) is 0.870. The summed E-state index contributed by atoms with van der Waals surface area (Å²) >= 11 is 0. The number of fused-ring (bicyclic) bond motifs is 1. The molecule has 0 radical (unpaired) electrons. The third kappa shape index (κ3) is 1.59. The van der Waals surface area contributed by atoms with Gasteiger partial charge < -0.3 is 15.3 Å². The average molecular weight is 187 g/mol. The summed E-state index contributed by atoms with van der Waals surface area (Å²) in [5, 5.41) is 28.8. The summed E-state index contributed by atoms with van der Waals surface area (Å²) in [4.78, 5) is 2.01. The van der Waals surface area contributed by atoms with Crippen LogP contribution in [0.5, 0.6) is 0 Å². The van der Waals surface area contributed by atoms with Crippen LogP contribution in [0, 0.1) is 0 Å². The first-order valence-electron chi connectivity index (χ1n) is 4.98. The third-order valence-electron chi connectivity index (χ3n) is 3.18. The Morgan fingerprint density at radius 1 is 1.00 bits per heavy atom. The van der Waals surface area contributed by atoms with E-state index < -0.39 is 18.3 Å². The third-order valence-corrected chi connectivity index (χ3v) is 3.18. The molecule has 0 bridgehead atoms. The SMILES string of the molecule is OC1CN2CCCCC(O)C2C1O. The van der Waals surface area contributed by atoms with Crippen LogP contribution in [0.2, 0.25) is 0 Å². The molecule has 0 saturated carbocycles. The van der Waals surface area contributed by atoms with Crippen LogP contribution in [0.4, 0.5) is 0 Å². The fourth-order valence-corrected chi connectivity index (χ4v) is 2.46. The van der Waals surface area contributed by atoms with Crippen molar-refractivity contribution >= 4 is 0 Å². The maximum atomic E-state index is 9.73. The molecule has 4 heteroatoms. The normalized spacial score (nSPS) is 47.3. The van der Waals surface area contributed by atoms with Crippen LogP contribution >= 0.6 is 0 Å². The molecular formula is C9H17NO3. The van der Waals surface area contributed by atoms with Gasteiger partial charge in [-0.15, -0.1) is 0 Å². The minimum Gasteiger partial charge on any atom is -0.391 e. The van der Waals surface area contributed by atoms with Crippen LogP contribution < -0.4 is 0 Å². The Morgan fingerprint density at radius 3 is 2.54 bits per heavy atom. The largest absolute Gasteiger partial charge is 0.391 e. The molecular weight excluding hydrogens is 170 g/mol. The Kier molecular flexibility index (Phi) is 2.55. The lowest BCUT2D eigenvalue weighted by Gasteiger charge is -2.26. The highest BCUT2D eigenvalue weighted by atomic mass is 16.3. The van der Waals surface area contributed by atoms with E-state index in [1.165, 1.54) is 0 Å². The molecule has 2 saturated heterocycles. The van der Waals surface area contributed by atoms with Gasteiger partial charge in [0.05, 0.1) is 24.4 Å². The van der Waals surface area contributed by atoms with Gasteiger partial charge in [0.25, 0.3) is 0 Å². The average Bonchev–Trinajstić information content (AvgIpc) is 2.29. The van der Waals surface area contributed by atoms with Crippen molar-refractivity contribution in [3.63, 3.8) is 0 Å². The van der Waals surface area contributed by atoms with Gasteiger partial charge in [-0.3, -0.25) is 4.90 Å². The summed E-state index contributed by atoms with van der Waals surface area (Å²) in [5.74, 6) is 0. The maximum absolute atomic E-state index is 9.73. The highest BCUT2D eigenvalue weighted by Crippen LogP contribution is 2.26. The molecule has 0 aromatic heterocycles. The lowest BCUT2D eigenvalue weighted by atomic mass is 10.0. The van der Waals surface area contributed by atoms with Gasteiger partial charge in [-0.05, 0) is 25.8 Å². The highest BCUT2D eigenvalue weighted by molar-refractivity contribution is 4.98. The number of nitrogens with zero attached hydrogens (tertiary/aromatic N) is 1. The van der Waals surface area contributed by atoms with Gasteiger partial charge in [0.15, 0.2) is 0 Å². The predicted molar refractivity (Wildman–Crippen MR) is 47.2 cm³/mol. The topological polar surface area (TPSA) is 63.9 Å². The molecule has 0 amide bonds. The van der Waals surface area contributed by atoms with E-state index in [1.54, 1.807) is 0 Å². The molecule has 2 aliphatic rings. The molecule has 4 unspecified atom stereocenters. The van der Waals surface area contributed by atoms with Crippen LogP contribution in [-0.2, 0) is 0 Å². The zero-order valence-corrected chi connectivity index (χ0v) is 7.63. The van der Waals surface area contributed by atoms with Gasteiger partial charge in [0.1, 0.15) is 0 Å². The highest BCUT2D eigenvalue weighted by Gasteiger charge is 2.44. The van der Waals surface area contributed by atoms with Gasteiger partial charge in [0, 0.05) is 6.54 Å². The van der Waals surface area contributed by atoms with Crippen LogP contribution in [0.1, 0.15) is 19.3 Å². The van der Waals surface area contributed by atoms with Gasteiger partial charge >= 0.3 is 0 Å². The lowest BCUT2D eigenvalue weighted by Crippen LogP contribution is -2.44. The summed E-state index contributed by atoms with van der Waals surface area (Å²) in [5.41, 5.74) is 0. The van der Waals surface area contributed by atoms with E-state index in [0.717, 1.165) is 25.8 Å². The molecule has 0 aromatic rings. The van der Waals surface area contributed by atoms with Gasteiger partial charge in [-0.25, -0.2) is 0 Å². The molecule has 2 fully saturated rings. The van der Waals surface area contributed by atoms with Crippen LogP contribution in [-0.4, -0.2) is 57.7 Å². The molecule has 2 heterocycles. The first kappa shape index (κ1) is 9.40. The molecule has 2 rings (SSSR count). The van der Waals surface area contributed by atoms with E-state index in [0.29, 0.717) is 6.54 Å². The Balaban J connectivity index is 2.12. The van der Waals surface area contributed by atoms with E-state index in [1.807, 2.05) is 4.90 Å². The van der Waals surface area contributed by atoms with Crippen molar-refractivity contribution in [2.45, 2.75) is 43.6 Å². The zero-order valence-electron chi connectivity index (χ0n) is 7.63. The second-order valence-electron chi connectivity index (χ2n) is 4.11. The Morgan fingerprint density at radius 2 is 1.77 bits per heavy atom. The number of hydrogen-bond donors (Lipinski definition) is 3. The van der Waals surface area contributed by atoms with Gasteiger partial charge in [-0.2, -0.15) is 0 Å². The van der Waals surface area contributed by atoms with Crippen molar-refractivity contribution < 1.29 is 15.3 Å². The number of rotatable bonds is 0. The van der Waals surface area contributed by atoms with Crippen molar-refractivity contribution in [1.82, 2.24) is 4.90 Å². The number of aliphatic hydroxyl groups is 3. The monoisotopic (exact) mass is 187 g/mol. The molecule has 2 aliphatic heterocycles. The van der Waals surface area contributed by atoms with E-state index in [9.17, 15) is 15.3 Å². The van der Waals surface area contributed by atoms with Gasteiger partial charge in [0.2, 0.25) is 0 Å². The van der Waals surface area contributed by atoms with Crippen molar-refractivity contribution in [3.05, 3.63) is 0 Å². The quantitative estimate of drug-likeness (QED) is 0.452. The fraction of sp³-hybridized carbons (Fsp3) is 1.00. The summed E-state index contributed by atoms with van der Waals surface area (Å²) < 4.78 is 0. The molecule has 4 atom stereocenters. The van der Waals surface area contributed by atoms with E-state index in [4.69, 9.17) is 0 Å². The second kappa shape index (κ2) is 3.53. The van der Waals surface area contributed by atoms with Crippen molar-refractivity contribution in [2.24, 2.45) is 0 Å². The molecule has 13 heavy (non-hydrogen) atoms. The smallest absolute Gasteiger partial charge is 0.0991 e. The Hall–Kier alpha value is -0.160. The summed E-state index contributed by atoms with van der Waals surface area (Å²) in [6.45, 7) is 1.39.